The number of hydrogen-bond acceptors (Lipinski definition) is 3. The summed E-state index contributed by atoms with van der Waals surface area (Å²) >= 11 is 0. The van der Waals surface area contributed by atoms with E-state index in [4.69, 9.17) is 5.26 Å². The number of nitriles is 1. The normalized spacial score (nSPS) is 9.00. The lowest BCUT2D eigenvalue weighted by molar-refractivity contribution is 0.669. The fraction of sp³-hybridized carbons (Fsp3) is 0.286. The Bertz CT molecular complexity index is 323. The molecule has 0 N–H and O–H groups in total. The minimum Gasteiger partial charge on any atom is -0.298 e. The Hall–Kier alpha value is -1.63. The highest BCUT2D eigenvalue weighted by molar-refractivity contribution is 4.83. The van der Waals surface area contributed by atoms with E-state index in [0.717, 1.165) is 0 Å². The molecule has 0 fully saturated rings. The van der Waals surface area contributed by atoms with Gasteiger partial charge in [0.25, 0.3) is 5.56 Å². The van der Waals surface area contributed by atoms with E-state index in [0.29, 0.717) is 13.0 Å². The third kappa shape index (κ3) is 1.90. The van der Waals surface area contributed by atoms with Crippen molar-refractivity contribution in [1.82, 2.24) is 9.55 Å². The van der Waals surface area contributed by atoms with E-state index in [9.17, 15) is 4.79 Å². The Morgan fingerprint density at radius 1 is 1.73 bits per heavy atom. The highest BCUT2D eigenvalue weighted by atomic mass is 16.1. The summed E-state index contributed by atoms with van der Waals surface area (Å²) < 4.78 is 1.41. The number of aryl methyl sites for hydroxylation is 1. The van der Waals surface area contributed by atoms with Gasteiger partial charge in [-0.15, -0.1) is 0 Å². The lowest BCUT2D eigenvalue weighted by atomic mass is 10.4. The van der Waals surface area contributed by atoms with Crippen molar-refractivity contribution >= 4 is 0 Å². The van der Waals surface area contributed by atoms with Gasteiger partial charge in [-0.3, -0.25) is 9.36 Å². The minimum atomic E-state index is -0.116. The zero-order valence-corrected chi connectivity index (χ0v) is 5.90. The molecule has 0 aromatic carbocycles. The SMILES string of the molecule is N#CCCn1cnccc1=O. The standard InChI is InChI=1S/C7H7N3O/c8-3-1-5-10-6-9-4-2-7(10)11/h2,4,6H,1,5H2. The second-order valence-corrected chi connectivity index (χ2v) is 2.02. The van der Waals surface area contributed by atoms with E-state index in [1.54, 1.807) is 0 Å². The van der Waals surface area contributed by atoms with Gasteiger partial charge in [0.1, 0.15) is 0 Å². The summed E-state index contributed by atoms with van der Waals surface area (Å²) in [5, 5.41) is 8.23. The van der Waals surface area contributed by atoms with Crippen molar-refractivity contribution in [2.24, 2.45) is 0 Å². The summed E-state index contributed by atoms with van der Waals surface area (Å²) in [6.07, 6.45) is 3.20. The first kappa shape index (κ1) is 7.48. The molecule has 0 bridgehead atoms. The van der Waals surface area contributed by atoms with Crippen LogP contribution in [0.3, 0.4) is 0 Å². The minimum absolute atomic E-state index is 0.116. The molecule has 0 saturated carbocycles. The molecule has 0 saturated heterocycles. The number of aromatic nitrogens is 2. The molecule has 0 aliphatic rings. The first-order valence-corrected chi connectivity index (χ1v) is 3.22. The molecular weight excluding hydrogens is 142 g/mol. The molecule has 0 aliphatic heterocycles. The molecule has 0 radical (unpaired) electrons. The van der Waals surface area contributed by atoms with Crippen LogP contribution in [0.25, 0.3) is 0 Å². The highest BCUT2D eigenvalue weighted by Gasteiger charge is 1.91. The van der Waals surface area contributed by atoms with E-state index < -0.39 is 0 Å². The average Bonchev–Trinajstić information content (AvgIpc) is 2.03. The van der Waals surface area contributed by atoms with Crippen LogP contribution < -0.4 is 5.56 Å². The molecule has 1 aromatic heterocycles. The van der Waals surface area contributed by atoms with Gasteiger partial charge in [0.05, 0.1) is 18.8 Å². The van der Waals surface area contributed by atoms with Gasteiger partial charge in [-0.1, -0.05) is 0 Å². The van der Waals surface area contributed by atoms with Crippen molar-refractivity contribution in [2.45, 2.75) is 13.0 Å². The molecule has 1 rings (SSSR count). The highest BCUT2D eigenvalue weighted by Crippen LogP contribution is 1.81. The van der Waals surface area contributed by atoms with Crippen LogP contribution in [0.4, 0.5) is 0 Å². The van der Waals surface area contributed by atoms with Crippen molar-refractivity contribution in [1.29, 1.82) is 5.26 Å². The lowest BCUT2D eigenvalue weighted by Crippen LogP contribution is -2.18. The summed E-state index contributed by atoms with van der Waals surface area (Å²) in [4.78, 5) is 14.7. The summed E-state index contributed by atoms with van der Waals surface area (Å²) in [5.74, 6) is 0. The van der Waals surface area contributed by atoms with E-state index in [2.05, 4.69) is 4.98 Å². The van der Waals surface area contributed by atoms with Gasteiger partial charge < -0.3 is 0 Å². The van der Waals surface area contributed by atoms with Crippen LogP contribution in [0.5, 0.6) is 0 Å². The van der Waals surface area contributed by atoms with E-state index >= 15 is 0 Å². The van der Waals surface area contributed by atoms with Gasteiger partial charge in [-0.2, -0.15) is 5.26 Å². The third-order valence-corrected chi connectivity index (χ3v) is 1.26. The van der Waals surface area contributed by atoms with Gasteiger partial charge in [-0.05, 0) is 0 Å². The second kappa shape index (κ2) is 3.52. The molecule has 0 atom stereocenters. The summed E-state index contributed by atoms with van der Waals surface area (Å²) in [7, 11) is 0. The Balaban J connectivity index is 2.80. The lowest BCUT2D eigenvalue weighted by Gasteiger charge is -1.97. The van der Waals surface area contributed by atoms with Crippen LogP contribution in [0, 0.1) is 11.3 Å². The first-order valence-electron chi connectivity index (χ1n) is 3.22. The maximum Gasteiger partial charge on any atom is 0.253 e. The molecule has 1 aromatic rings. The maximum atomic E-state index is 10.9. The van der Waals surface area contributed by atoms with Gasteiger partial charge in [0.15, 0.2) is 0 Å². The van der Waals surface area contributed by atoms with Gasteiger partial charge in [0, 0.05) is 18.8 Å². The molecule has 1 heterocycles. The molecule has 0 unspecified atom stereocenters. The Morgan fingerprint density at radius 3 is 3.18 bits per heavy atom. The summed E-state index contributed by atoms with van der Waals surface area (Å²) in [6, 6.07) is 3.33. The van der Waals surface area contributed by atoms with Crippen molar-refractivity contribution in [3.8, 4) is 6.07 Å². The van der Waals surface area contributed by atoms with Crippen LogP contribution in [0.1, 0.15) is 6.42 Å². The molecule has 11 heavy (non-hydrogen) atoms. The quantitative estimate of drug-likeness (QED) is 0.601. The fourth-order valence-electron chi connectivity index (χ4n) is 0.717. The topological polar surface area (TPSA) is 58.7 Å². The molecular formula is C7H7N3O. The van der Waals surface area contributed by atoms with Crippen molar-refractivity contribution in [2.75, 3.05) is 0 Å². The zero-order valence-electron chi connectivity index (χ0n) is 5.90. The molecule has 0 aliphatic carbocycles. The van der Waals surface area contributed by atoms with Crippen LogP contribution in [-0.2, 0) is 6.54 Å². The van der Waals surface area contributed by atoms with Crippen molar-refractivity contribution < 1.29 is 0 Å². The largest absolute Gasteiger partial charge is 0.298 e. The number of hydrogen-bond donors (Lipinski definition) is 0. The van der Waals surface area contributed by atoms with Gasteiger partial charge in [0.2, 0.25) is 0 Å². The Kier molecular flexibility index (Phi) is 2.39. The zero-order chi connectivity index (χ0) is 8.10. The van der Waals surface area contributed by atoms with Crippen LogP contribution in [0.15, 0.2) is 23.4 Å². The van der Waals surface area contributed by atoms with Gasteiger partial charge >= 0.3 is 0 Å². The van der Waals surface area contributed by atoms with E-state index in [1.807, 2.05) is 6.07 Å². The Morgan fingerprint density at radius 2 is 2.55 bits per heavy atom. The van der Waals surface area contributed by atoms with Gasteiger partial charge in [-0.25, -0.2) is 4.98 Å². The van der Waals surface area contributed by atoms with Crippen LogP contribution in [0.2, 0.25) is 0 Å². The second-order valence-electron chi connectivity index (χ2n) is 2.02. The first-order chi connectivity index (χ1) is 5.34. The monoisotopic (exact) mass is 149 g/mol. The maximum absolute atomic E-state index is 10.9. The predicted molar refractivity (Wildman–Crippen MR) is 38.7 cm³/mol. The molecule has 4 heteroatoms. The fourth-order valence-corrected chi connectivity index (χ4v) is 0.717. The molecule has 0 spiro atoms. The predicted octanol–water partition coefficient (Wildman–Crippen LogP) is 0.157. The van der Waals surface area contributed by atoms with Crippen LogP contribution >= 0.6 is 0 Å². The smallest absolute Gasteiger partial charge is 0.253 e. The third-order valence-electron chi connectivity index (χ3n) is 1.26. The molecule has 0 amide bonds. The number of rotatable bonds is 2. The van der Waals surface area contributed by atoms with Crippen molar-refractivity contribution in [3.05, 3.63) is 28.9 Å². The Labute approximate surface area is 63.7 Å². The average molecular weight is 149 g/mol. The molecule has 4 nitrogen and oxygen atoms in total. The summed E-state index contributed by atoms with van der Waals surface area (Å²) in [6.45, 7) is 0.420. The van der Waals surface area contributed by atoms with Crippen LogP contribution in [-0.4, -0.2) is 9.55 Å². The van der Waals surface area contributed by atoms with E-state index in [-0.39, 0.29) is 5.56 Å². The number of nitrogens with zero attached hydrogens (tertiary/aromatic N) is 3. The molecule has 56 valence electrons. The summed E-state index contributed by atoms with van der Waals surface area (Å²) in [5.41, 5.74) is -0.116. The van der Waals surface area contributed by atoms with E-state index in [1.165, 1.54) is 23.2 Å². The van der Waals surface area contributed by atoms with Crippen molar-refractivity contribution in [3.63, 3.8) is 0 Å².